The molecule has 0 amide bonds. The van der Waals surface area contributed by atoms with Gasteiger partial charge in [-0.15, -0.1) is 0 Å². The molecule has 4 heteroatoms. The van der Waals surface area contributed by atoms with Crippen molar-refractivity contribution < 1.29 is 0 Å². The molecule has 1 aromatic heterocycles. The first-order valence-corrected chi connectivity index (χ1v) is 6.04. The number of nitrogen functional groups attached to an aromatic ring is 1. The van der Waals surface area contributed by atoms with Gasteiger partial charge in [-0.3, -0.25) is 9.98 Å². The highest BCUT2D eigenvalue weighted by atomic mass is 15.0. The first kappa shape index (κ1) is 11.5. The number of amidine groups is 1. The lowest BCUT2D eigenvalue weighted by Crippen LogP contribution is -2.12. The number of rotatable bonds is 2. The molecule has 3 N–H and O–H groups in total. The highest BCUT2D eigenvalue weighted by Crippen LogP contribution is 2.20. The molecule has 0 aliphatic carbocycles. The van der Waals surface area contributed by atoms with E-state index in [1.54, 1.807) is 0 Å². The molecule has 1 heterocycles. The van der Waals surface area contributed by atoms with Crippen molar-refractivity contribution in [3.05, 3.63) is 59.9 Å². The molecule has 0 unspecified atom stereocenters. The van der Waals surface area contributed by atoms with Gasteiger partial charge in [-0.1, -0.05) is 12.1 Å². The van der Waals surface area contributed by atoms with Crippen molar-refractivity contribution in [3.63, 3.8) is 0 Å². The summed E-state index contributed by atoms with van der Waals surface area (Å²) in [6.45, 7) is 1.96. The Bertz CT molecular complexity index is 771. The normalized spacial score (nSPS) is 10.8. The Balaban J connectivity index is 2.17. The topological polar surface area (TPSA) is 67.7 Å². The Labute approximate surface area is 111 Å². The second-order valence-corrected chi connectivity index (χ2v) is 4.52. The van der Waals surface area contributed by atoms with Gasteiger partial charge in [0.25, 0.3) is 0 Å². The zero-order chi connectivity index (χ0) is 13.4. The number of hydrogen-bond donors (Lipinski definition) is 2. The van der Waals surface area contributed by atoms with E-state index in [1.165, 1.54) is 0 Å². The van der Waals surface area contributed by atoms with Crippen molar-refractivity contribution in [3.8, 4) is 5.69 Å². The molecule has 0 aliphatic heterocycles. The van der Waals surface area contributed by atoms with Gasteiger partial charge in [0.2, 0.25) is 0 Å². The number of imidazole rings is 1. The summed E-state index contributed by atoms with van der Waals surface area (Å²) in [5.74, 6) is 0.0968. The number of nitrogens with zero attached hydrogens (tertiary/aromatic N) is 2. The van der Waals surface area contributed by atoms with Crippen LogP contribution in [0.5, 0.6) is 0 Å². The van der Waals surface area contributed by atoms with E-state index in [9.17, 15) is 0 Å². The molecule has 0 spiro atoms. The Kier molecular flexibility index (Phi) is 2.56. The summed E-state index contributed by atoms with van der Waals surface area (Å²) in [7, 11) is 0. The van der Waals surface area contributed by atoms with Crippen LogP contribution in [-0.2, 0) is 0 Å². The minimum atomic E-state index is 0.0968. The van der Waals surface area contributed by atoms with Crippen molar-refractivity contribution in [2.45, 2.75) is 6.92 Å². The van der Waals surface area contributed by atoms with E-state index in [0.29, 0.717) is 0 Å². The smallest absolute Gasteiger partial charge is 0.123 e. The average Bonchev–Trinajstić information content (AvgIpc) is 2.82. The van der Waals surface area contributed by atoms with Crippen LogP contribution in [0.15, 0.2) is 48.8 Å². The fraction of sp³-hybridized carbons (Fsp3) is 0.0667. The van der Waals surface area contributed by atoms with Gasteiger partial charge in [0.1, 0.15) is 12.2 Å². The van der Waals surface area contributed by atoms with Crippen molar-refractivity contribution in [2.75, 3.05) is 0 Å². The molecular formula is C15H14N4. The zero-order valence-corrected chi connectivity index (χ0v) is 10.6. The van der Waals surface area contributed by atoms with Gasteiger partial charge >= 0.3 is 0 Å². The first-order valence-electron chi connectivity index (χ1n) is 6.04. The van der Waals surface area contributed by atoms with Crippen LogP contribution >= 0.6 is 0 Å². The summed E-state index contributed by atoms with van der Waals surface area (Å²) in [4.78, 5) is 4.38. The first-order chi connectivity index (χ1) is 9.16. The fourth-order valence-electron chi connectivity index (χ4n) is 2.26. The molecular weight excluding hydrogens is 236 g/mol. The van der Waals surface area contributed by atoms with Crippen molar-refractivity contribution in [1.82, 2.24) is 9.55 Å². The van der Waals surface area contributed by atoms with E-state index in [-0.39, 0.29) is 5.84 Å². The number of nitrogens with one attached hydrogen (secondary N) is 1. The lowest BCUT2D eigenvalue weighted by molar-refractivity contribution is 1.09. The average molecular weight is 250 g/mol. The maximum Gasteiger partial charge on any atom is 0.123 e. The Hall–Kier alpha value is -2.62. The minimum Gasteiger partial charge on any atom is -0.384 e. The molecule has 4 nitrogen and oxygen atoms in total. The number of benzene rings is 2. The quantitative estimate of drug-likeness (QED) is 0.542. The number of aromatic nitrogens is 2. The van der Waals surface area contributed by atoms with Gasteiger partial charge in [0.05, 0.1) is 11.0 Å². The molecule has 0 saturated heterocycles. The maximum atomic E-state index is 7.51. The zero-order valence-electron chi connectivity index (χ0n) is 10.6. The van der Waals surface area contributed by atoms with E-state index in [4.69, 9.17) is 11.1 Å². The summed E-state index contributed by atoms with van der Waals surface area (Å²) in [6.07, 6.45) is 1.81. The highest BCUT2D eigenvalue weighted by Gasteiger charge is 2.07. The lowest BCUT2D eigenvalue weighted by atomic mass is 10.1. The van der Waals surface area contributed by atoms with Crippen LogP contribution in [0.2, 0.25) is 0 Å². The molecule has 94 valence electrons. The van der Waals surface area contributed by atoms with Gasteiger partial charge in [-0.2, -0.15) is 0 Å². The van der Waals surface area contributed by atoms with Crippen molar-refractivity contribution in [2.24, 2.45) is 5.73 Å². The largest absolute Gasteiger partial charge is 0.384 e. The highest BCUT2D eigenvalue weighted by molar-refractivity contribution is 5.96. The summed E-state index contributed by atoms with van der Waals surface area (Å²) in [6, 6.07) is 13.9. The van der Waals surface area contributed by atoms with Crippen LogP contribution < -0.4 is 5.73 Å². The summed E-state index contributed by atoms with van der Waals surface area (Å²) in [5.41, 5.74) is 10.4. The molecule has 0 bridgehead atoms. The van der Waals surface area contributed by atoms with E-state index < -0.39 is 0 Å². The number of hydrogen-bond acceptors (Lipinski definition) is 2. The molecule has 2 aromatic carbocycles. The van der Waals surface area contributed by atoms with Crippen LogP contribution in [0.4, 0.5) is 0 Å². The third kappa shape index (κ3) is 1.87. The summed E-state index contributed by atoms with van der Waals surface area (Å²) >= 11 is 0. The van der Waals surface area contributed by atoms with E-state index in [2.05, 4.69) is 4.98 Å². The number of fused-ring (bicyclic) bond motifs is 1. The Morgan fingerprint density at radius 2 is 2.00 bits per heavy atom. The predicted octanol–water partition coefficient (Wildman–Crippen LogP) is 2.62. The number of aryl methyl sites for hydroxylation is 1. The van der Waals surface area contributed by atoms with Gasteiger partial charge in [-0.05, 0) is 42.8 Å². The molecule has 0 atom stereocenters. The molecule has 0 saturated carbocycles. The van der Waals surface area contributed by atoms with Crippen LogP contribution in [0, 0.1) is 12.3 Å². The van der Waals surface area contributed by atoms with E-state index >= 15 is 0 Å². The number of nitrogens with two attached hydrogens (primary N) is 1. The van der Waals surface area contributed by atoms with Crippen LogP contribution in [0.1, 0.15) is 11.1 Å². The van der Waals surface area contributed by atoms with E-state index in [0.717, 1.165) is 27.8 Å². The molecule has 19 heavy (non-hydrogen) atoms. The minimum absolute atomic E-state index is 0.0968. The Morgan fingerprint density at radius 1 is 1.21 bits per heavy atom. The third-order valence-electron chi connectivity index (χ3n) is 3.23. The summed E-state index contributed by atoms with van der Waals surface area (Å²) < 4.78 is 2.03. The second-order valence-electron chi connectivity index (χ2n) is 4.52. The van der Waals surface area contributed by atoms with Gasteiger partial charge < -0.3 is 5.73 Å². The van der Waals surface area contributed by atoms with E-state index in [1.807, 2.05) is 60.3 Å². The molecule has 3 rings (SSSR count). The van der Waals surface area contributed by atoms with Gasteiger partial charge in [0, 0.05) is 11.3 Å². The molecule has 0 fully saturated rings. The third-order valence-corrected chi connectivity index (χ3v) is 3.23. The molecule has 0 aliphatic rings. The van der Waals surface area contributed by atoms with Crippen LogP contribution in [0.3, 0.4) is 0 Å². The van der Waals surface area contributed by atoms with Crippen LogP contribution in [-0.4, -0.2) is 15.4 Å². The second kappa shape index (κ2) is 4.24. The van der Waals surface area contributed by atoms with Crippen molar-refractivity contribution >= 4 is 16.9 Å². The van der Waals surface area contributed by atoms with Gasteiger partial charge in [0.15, 0.2) is 0 Å². The maximum absolute atomic E-state index is 7.51. The standard InChI is InChI=1S/C15H14N4/c1-10-8-11(6-7-12(10)15(16)17)19-9-18-13-4-2-3-5-14(13)19/h2-9H,1H3,(H3,16,17). The predicted molar refractivity (Wildman–Crippen MR) is 76.8 cm³/mol. The monoisotopic (exact) mass is 250 g/mol. The lowest BCUT2D eigenvalue weighted by Gasteiger charge is -2.08. The Morgan fingerprint density at radius 3 is 2.74 bits per heavy atom. The number of para-hydroxylation sites is 2. The molecule has 3 aromatic rings. The van der Waals surface area contributed by atoms with Crippen molar-refractivity contribution in [1.29, 1.82) is 5.41 Å². The molecule has 0 radical (unpaired) electrons. The van der Waals surface area contributed by atoms with Gasteiger partial charge in [-0.25, -0.2) is 4.98 Å². The van der Waals surface area contributed by atoms with Crippen LogP contribution in [0.25, 0.3) is 16.7 Å². The SMILES string of the molecule is Cc1cc(-n2cnc3ccccc32)ccc1C(=N)N. The fourth-order valence-corrected chi connectivity index (χ4v) is 2.26. The summed E-state index contributed by atoms with van der Waals surface area (Å²) in [5, 5.41) is 7.51.